The largest absolute Gasteiger partial charge is 0.351 e. The minimum absolute atomic E-state index is 0.131. The van der Waals surface area contributed by atoms with Crippen molar-refractivity contribution in [3.05, 3.63) is 48.4 Å². The van der Waals surface area contributed by atoms with Crippen molar-refractivity contribution in [3.8, 4) is 11.4 Å². The van der Waals surface area contributed by atoms with Crippen LogP contribution in [0.2, 0.25) is 0 Å². The van der Waals surface area contributed by atoms with Crippen molar-refractivity contribution in [2.75, 3.05) is 0 Å². The van der Waals surface area contributed by atoms with Crippen LogP contribution in [-0.4, -0.2) is 37.3 Å². The molecule has 0 atom stereocenters. The van der Waals surface area contributed by atoms with Crippen molar-refractivity contribution in [2.24, 2.45) is 0 Å². The van der Waals surface area contributed by atoms with Crippen LogP contribution in [0.1, 0.15) is 42.3 Å². The first kappa shape index (κ1) is 15.5. The lowest BCUT2D eigenvalue weighted by molar-refractivity contribution is 0.0883. The van der Waals surface area contributed by atoms with Crippen molar-refractivity contribution in [1.82, 2.24) is 30.7 Å². The number of hydrogen-bond acceptors (Lipinski definition) is 6. The Morgan fingerprint density at radius 2 is 1.92 bits per heavy atom. The van der Waals surface area contributed by atoms with Gasteiger partial charge in [0.2, 0.25) is 11.6 Å². The molecule has 0 saturated heterocycles. The van der Waals surface area contributed by atoms with Crippen LogP contribution in [0.3, 0.4) is 0 Å². The van der Waals surface area contributed by atoms with E-state index in [0.717, 1.165) is 31.2 Å². The van der Waals surface area contributed by atoms with Gasteiger partial charge in [0, 0.05) is 17.7 Å². The second-order valence-electron chi connectivity index (χ2n) is 6.16. The number of aromatic nitrogens is 5. The van der Waals surface area contributed by atoms with Crippen molar-refractivity contribution < 1.29 is 9.32 Å². The van der Waals surface area contributed by atoms with Crippen LogP contribution in [0.4, 0.5) is 0 Å². The number of tetrazole rings is 1. The molecule has 0 bridgehead atoms. The third-order valence-electron chi connectivity index (χ3n) is 4.48. The van der Waals surface area contributed by atoms with Crippen LogP contribution >= 0.6 is 0 Å². The van der Waals surface area contributed by atoms with Gasteiger partial charge in [0.1, 0.15) is 0 Å². The maximum Gasteiger partial charge on any atom is 0.290 e. The van der Waals surface area contributed by atoms with Crippen LogP contribution < -0.4 is 5.32 Å². The Morgan fingerprint density at radius 3 is 2.64 bits per heavy atom. The molecular weight excluding hydrogens is 320 g/mol. The summed E-state index contributed by atoms with van der Waals surface area (Å²) in [5.41, 5.74) is 0.960. The maximum atomic E-state index is 12.0. The summed E-state index contributed by atoms with van der Waals surface area (Å²) >= 11 is 0. The highest BCUT2D eigenvalue weighted by Gasteiger charge is 2.26. The Kier molecular flexibility index (Phi) is 4.24. The third kappa shape index (κ3) is 3.42. The van der Waals surface area contributed by atoms with Crippen LogP contribution in [-0.2, 0) is 0 Å². The molecule has 128 valence electrons. The highest BCUT2D eigenvalue weighted by Crippen LogP contribution is 2.28. The van der Waals surface area contributed by atoms with Gasteiger partial charge in [-0.3, -0.25) is 4.79 Å². The zero-order valence-corrected chi connectivity index (χ0v) is 13.6. The maximum absolute atomic E-state index is 12.0. The zero-order valence-electron chi connectivity index (χ0n) is 13.6. The topological polar surface area (TPSA) is 98.7 Å². The van der Waals surface area contributed by atoms with E-state index < -0.39 is 0 Å². The number of carbonyl (C=O) groups excluding carboxylic acids is 1. The van der Waals surface area contributed by atoms with Crippen molar-refractivity contribution in [1.29, 1.82) is 0 Å². The quantitative estimate of drug-likeness (QED) is 0.783. The average molecular weight is 338 g/mol. The summed E-state index contributed by atoms with van der Waals surface area (Å²) < 4.78 is 4.88. The fraction of sp³-hybridized carbons (Fsp3) is 0.353. The molecule has 0 spiro atoms. The lowest BCUT2D eigenvalue weighted by Crippen LogP contribution is -2.38. The predicted molar refractivity (Wildman–Crippen MR) is 88.5 cm³/mol. The summed E-state index contributed by atoms with van der Waals surface area (Å²) in [5, 5.41) is 19.4. The zero-order chi connectivity index (χ0) is 17.1. The molecule has 25 heavy (non-hydrogen) atoms. The molecule has 1 saturated carbocycles. The molecule has 0 aliphatic heterocycles. The predicted octanol–water partition coefficient (Wildman–Crippen LogP) is 2.24. The van der Waals surface area contributed by atoms with Gasteiger partial charge in [-0.15, -0.1) is 10.2 Å². The van der Waals surface area contributed by atoms with Gasteiger partial charge in [0.25, 0.3) is 5.91 Å². The van der Waals surface area contributed by atoms with Gasteiger partial charge in [0.05, 0.1) is 12.2 Å². The number of nitrogens with one attached hydrogen (secondary N) is 1. The molecule has 1 N–H and O–H groups in total. The van der Waals surface area contributed by atoms with E-state index in [-0.39, 0.29) is 23.8 Å². The van der Waals surface area contributed by atoms with Gasteiger partial charge in [-0.2, -0.15) is 4.80 Å². The minimum atomic E-state index is -0.216. The normalized spacial score (nSPS) is 20.3. The Balaban J connectivity index is 1.34. The van der Waals surface area contributed by atoms with Crippen molar-refractivity contribution in [2.45, 2.75) is 37.8 Å². The van der Waals surface area contributed by atoms with E-state index in [4.69, 9.17) is 4.52 Å². The number of benzene rings is 1. The fourth-order valence-corrected chi connectivity index (χ4v) is 3.12. The summed E-state index contributed by atoms with van der Waals surface area (Å²) in [6.07, 6.45) is 4.99. The first-order valence-corrected chi connectivity index (χ1v) is 8.36. The van der Waals surface area contributed by atoms with Gasteiger partial charge in [-0.05, 0) is 30.9 Å². The monoisotopic (exact) mass is 338 g/mol. The molecule has 1 aliphatic carbocycles. The number of hydrogen-bond donors (Lipinski definition) is 1. The molecule has 0 unspecified atom stereocenters. The lowest BCUT2D eigenvalue weighted by atomic mass is 9.91. The average Bonchev–Trinajstić information content (AvgIpc) is 3.35. The standard InChI is InChI=1S/C17H18N6O2/c24-17(15-10-11-18-25-15)19-13-6-8-14(9-7-13)23-21-16(20-22-23)12-4-2-1-3-5-12/h1-5,10-11,13-14H,6-9H2,(H,19,24). The molecule has 1 amide bonds. The van der Waals surface area contributed by atoms with Crippen LogP contribution in [0.5, 0.6) is 0 Å². The van der Waals surface area contributed by atoms with E-state index >= 15 is 0 Å². The summed E-state index contributed by atoms with van der Waals surface area (Å²) in [6.45, 7) is 0. The molecular formula is C17H18N6O2. The third-order valence-corrected chi connectivity index (χ3v) is 4.48. The van der Waals surface area contributed by atoms with Gasteiger partial charge in [-0.1, -0.05) is 35.5 Å². The molecule has 1 fully saturated rings. The molecule has 0 radical (unpaired) electrons. The summed E-state index contributed by atoms with van der Waals surface area (Å²) in [6, 6.07) is 11.7. The minimum Gasteiger partial charge on any atom is -0.351 e. The summed E-state index contributed by atoms with van der Waals surface area (Å²) in [7, 11) is 0. The SMILES string of the molecule is O=C(NC1CCC(n2nnc(-c3ccccc3)n2)CC1)c1ccno1. The molecule has 1 aliphatic rings. The van der Waals surface area contributed by atoms with E-state index in [0.29, 0.717) is 5.82 Å². The molecule has 3 aromatic rings. The van der Waals surface area contributed by atoms with E-state index in [9.17, 15) is 4.79 Å². The van der Waals surface area contributed by atoms with Crippen molar-refractivity contribution >= 4 is 5.91 Å². The second kappa shape index (κ2) is 6.84. The number of nitrogens with zero attached hydrogens (tertiary/aromatic N) is 5. The summed E-state index contributed by atoms with van der Waals surface area (Å²) in [4.78, 5) is 13.7. The molecule has 1 aromatic carbocycles. The van der Waals surface area contributed by atoms with Crippen LogP contribution in [0.25, 0.3) is 11.4 Å². The number of rotatable bonds is 4. The highest BCUT2D eigenvalue weighted by atomic mass is 16.5. The second-order valence-corrected chi connectivity index (χ2v) is 6.16. The van der Waals surface area contributed by atoms with E-state index in [1.165, 1.54) is 6.20 Å². The Morgan fingerprint density at radius 1 is 1.12 bits per heavy atom. The smallest absolute Gasteiger partial charge is 0.290 e. The number of carbonyl (C=O) groups is 1. The van der Waals surface area contributed by atoms with E-state index in [2.05, 4.69) is 25.9 Å². The van der Waals surface area contributed by atoms with Crippen molar-refractivity contribution in [3.63, 3.8) is 0 Å². The van der Waals surface area contributed by atoms with Gasteiger partial charge in [-0.25, -0.2) is 0 Å². The molecule has 8 heteroatoms. The van der Waals surface area contributed by atoms with Gasteiger partial charge in [0.15, 0.2) is 0 Å². The first-order chi connectivity index (χ1) is 12.3. The fourth-order valence-electron chi connectivity index (χ4n) is 3.12. The van der Waals surface area contributed by atoms with Crippen LogP contribution in [0, 0.1) is 0 Å². The lowest BCUT2D eigenvalue weighted by Gasteiger charge is -2.27. The molecule has 8 nitrogen and oxygen atoms in total. The Hall–Kier alpha value is -3.03. The Bertz CT molecular complexity index is 822. The Labute approximate surface area is 144 Å². The number of amides is 1. The van der Waals surface area contributed by atoms with E-state index in [1.807, 2.05) is 30.3 Å². The molecule has 2 aromatic heterocycles. The van der Waals surface area contributed by atoms with Crippen LogP contribution in [0.15, 0.2) is 47.1 Å². The molecule has 2 heterocycles. The molecule has 4 rings (SSSR count). The van der Waals surface area contributed by atoms with Gasteiger partial charge >= 0.3 is 0 Å². The summed E-state index contributed by atoms with van der Waals surface area (Å²) in [5.74, 6) is 0.667. The van der Waals surface area contributed by atoms with E-state index in [1.54, 1.807) is 10.9 Å². The highest BCUT2D eigenvalue weighted by molar-refractivity contribution is 5.91. The van der Waals surface area contributed by atoms with Gasteiger partial charge < -0.3 is 9.84 Å². The first-order valence-electron chi connectivity index (χ1n) is 8.36.